The third-order valence-corrected chi connectivity index (χ3v) is 5.85. The summed E-state index contributed by atoms with van der Waals surface area (Å²) in [5.41, 5.74) is 1.98. The fraction of sp³-hybridized carbons (Fsp3) is 0.550. The van der Waals surface area contributed by atoms with Gasteiger partial charge in [0.25, 0.3) is 0 Å². The molecule has 0 radical (unpaired) electrons. The average Bonchev–Trinajstić information content (AvgIpc) is 3.11. The van der Waals surface area contributed by atoms with E-state index in [0.29, 0.717) is 30.6 Å². The van der Waals surface area contributed by atoms with Gasteiger partial charge in [0, 0.05) is 19.0 Å². The zero-order valence-electron chi connectivity index (χ0n) is 15.2. The minimum absolute atomic E-state index is 0.166. The molecule has 26 heavy (non-hydrogen) atoms. The van der Waals surface area contributed by atoms with Crippen molar-refractivity contribution in [2.45, 2.75) is 50.7 Å². The number of aromatic nitrogens is 3. The van der Waals surface area contributed by atoms with E-state index in [2.05, 4.69) is 40.6 Å². The molecule has 138 valence electrons. The van der Waals surface area contributed by atoms with Crippen LogP contribution in [0.3, 0.4) is 0 Å². The number of aliphatic hydroxyl groups excluding tert-OH is 1. The molecule has 2 aliphatic rings. The summed E-state index contributed by atoms with van der Waals surface area (Å²) in [5, 5.41) is 17.6. The lowest BCUT2D eigenvalue weighted by molar-refractivity contribution is -0.142. The van der Waals surface area contributed by atoms with Gasteiger partial charge in [-0.15, -0.1) is 5.10 Å². The van der Waals surface area contributed by atoms with Crippen LogP contribution in [0.2, 0.25) is 0 Å². The molecule has 1 atom stereocenters. The molecule has 2 heterocycles. The highest BCUT2D eigenvalue weighted by atomic mass is 16.3. The van der Waals surface area contributed by atoms with Crippen LogP contribution in [0.15, 0.2) is 36.5 Å². The molecule has 0 spiro atoms. The van der Waals surface area contributed by atoms with E-state index < -0.39 is 6.10 Å². The van der Waals surface area contributed by atoms with Gasteiger partial charge in [0.15, 0.2) is 0 Å². The van der Waals surface area contributed by atoms with E-state index in [1.165, 1.54) is 5.56 Å². The molecule has 1 aliphatic carbocycles. The maximum Gasteiger partial charge on any atom is 0.225 e. The van der Waals surface area contributed by atoms with Crippen LogP contribution in [0.25, 0.3) is 0 Å². The van der Waals surface area contributed by atoms with Gasteiger partial charge in [-0.1, -0.05) is 35.5 Å². The predicted octanol–water partition coefficient (Wildman–Crippen LogP) is 2.69. The standard InChI is InChI=1S/C20H26N4O2/c1-14(25)19-13-24(22-21-19)18-11-23(12-18)20(26)17-9-7-16(8-10-17)15-5-3-2-4-6-15/h2-6,13-14,16-18,25H,7-12H2,1H3/t14-,16?,17?/m1/s1. The number of nitrogens with zero attached hydrogens (tertiary/aromatic N) is 4. The van der Waals surface area contributed by atoms with Crippen molar-refractivity contribution in [2.24, 2.45) is 5.92 Å². The topological polar surface area (TPSA) is 71.2 Å². The summed E-state index contributed by atoms with van der Waals surface area (Å²) in [6, 6.07) is 10.8. The summed E-state index contributed by atoms with van der Waals surface area (Å²) in [5.74, 6) is 1.06. The van der Waals surface area contributed by atoms with E-state index >= 15 is 0 Å². The van der Waals surface area contributed by atoms with Gasteiger partial charge in [-0.2, -0.15) is 0 Å². The Labute approximate surface area is 153 Å². The highest BCUT2D eigenvalue weighted by Gasteiger charge is 2.37. The second-order valence-electron chi connectivity index (χ2n) is 7.66. The lowest BCUT2D eigenvalue weighted by Crippen LogP contribution is -2.53. The maximum atomic E-state index is 12.8. The van der Waals surface area contributed by atoms with E-state index in [1.807, 2.05) is 4.90 Å². The molecule has 6 heteroatoms. The van der Waals surface area contributed by atoms with Crippen LogP contribution in [-0.2, 0) is 4.79 Å². The third-order valence-electron chi connectivity index (χ3n) is 5.85. The normalized spacial score (nSPS) is 24.9. The van der Waals surface area contributed by atoms with Crippen molar-refractivity contribution in [2.75, 3.05) is 13.1 Å². The first-order chi connectivity index (χ1) is 12.6. The highest BCUT2D eigenvalue weighted by molar-refractivity contribution is 5.79. The van der Waals surface area contributed by atoms with Gasteiger partial charge >= 0.3 is 0 Å². The van der Waals surface area contributed by atoms with Crippen molar-refractivity contribution in [1.82, 2.24) is 19.9 Å². The number of carbonyl (C=O) groups excluding carboxylic acids is 1. The molecular weight excluding hydrogens is 328 g/mol. The third kappa shape index (κ3) is 3.38. The molecule has 1 N–H and O–H groups in total. The zero-order valence-corrected chi connectivity index (χ0v) is 15.2. The Morgan fingerprint density at radius 1 is 1.15 bits per heavy atom. The Morgan fingerprint density at radius 3 is 2.46 bits per heavy atom. The van der Waals surface area contributed by atoms with Gasteiger partial charge in [-0.05, 0) is 44.1 Å². The smallest absolute Gasteiger partial charge is 0.225 e. The first kappa shape index (κ1) is 17.2. The lowest BCUT2D eigenvalue weighted by Gasteiger charge is -2.41. The molecule has 2 fully saturated rings. The molecule has 6 nitrogen and oxygen atoms in total. The van der Waals surface area contributed by atoms with Crippen LogP contribution < -0.4 is 0 Å². The molecular formula is C20H26N4O2. The largest absolute Gasteiger partial charge is 0.387 e. The van der Waals surface area contributed by atoms with Crippen molar-refractivity contribution in [1.29, 1.82) is 0 Å². The molecule has 4 rings (SSSR count). The van der Waals surface area contributed by atoms with Crippen molar-refractivity contribution < 1.29 is 9.90 Å². The number of hydrogen-bond acceptors (Lipinski definition) is 4. The minimum atomic E-state index is -0.610. The molecule has 0 unspecified atom stereocenters. The van der Waals surface area contributed by atoms with Crippen LogP contribution in [-0.4, -0.2) is 44.0 Å². The van der Waals surface area contributed by atoms with E-state index in [-0.39, 0.29) is 12.0 Å². The summed E-state index contributed by atoms with van der Waals surface area (Å²) in [4.78, 5) is 14.7. The van der Waals surface area contributed by atoms with Crippen LogP contribution >= 0.6 is 0 Å². The van der Waals surface area contributed by atoms with Crippen molar-refractivity contribution in [3.8, 4) is 0 Å². The number of rotatable bonds is 4. The van der Waals surface area contributed by atoms with Crippen LogP contribution in [0, 0.1) is 5.92 Å². The fourth-order valence-electron chi connectivity index (χ4n) is 4.12. The van der Waals surface area contributed by atoms with Gasteiger partial charge in [-0.25, -0.2) is 4.68 Å². The van der Waals surface area contributed by atoms with Crippen LogP contribution in [0.5, 0.6) is 0 Å². The summed E-state index contributed by atoms with van der Waals surface area (Å²) >= 11 is 0. The second-order valence-corrected chi connectivity index (χ2v) is 7.66. The average molecular weight is 354 g/mol. The molecule has 1 saturated carbocycles. The van der Waals surface area contributed by atoms with E-state index in [1.54, 1.807) is 17.8 Å². The number of benzene rings is 1. The first-order valence-electron chi connectivity index (χ1n) is 9.55. The molecule has 1 aliphatic heterocycles. The SMILES string of the molecule is C[C@@H](O)c1cn(C2CN(C(=O)C3CCC(c4ccccc4)CC3)C2)nn1. The Morgan fingerprint density at radius 2 is 1.85 bits per heavy atom. The van der Waals surface area contributed by atoms with Crippen LogP contribution in [0.4, 0.5) is 0 Å². The number of aliphatic hydroxyl groups is 1. The van der Waals surface area contributed by atoms with Gasteiger partial charge < -0.3 is 10.0 Å². The van der Waals surface area contributed by atoms with Gasteiger partial charge in [-0.3, -0.25) is 4.79 Å². The van der Waals surface area contributed by atoms with Crippen molar-refractivity contribution in [3.63, 3.8) is 0 Å². The maximum absolute atomic E-state index is 12.8. The lowest BCUT2D eigenvalue weighted by atomic mass is 9.78. The monoisotopic (exact) mass is 354 g/mol. The first-order valence-corrected chi connectivity index (χ1v) is 9.55. The Balaban J connectivity index is 1.27. The summed E-state index contributed by atoms with van der Waals surface area (Å²) in [7, 11) is 0. The molecule has 1 aromatic carbocycles. The summed E-state index contributed by atoms with van der Waals surface area (Å²) in [6.07, 6.45) is 5.32. The van der Waals surface area contributed by atoms with Gasteiger partial charge in [0.2, 0.25) is 5.91 Å². The van der Waals surface area contributed by atoms with Crippen molar-refractivity contribution in [3.05, 3.63) is 47.8 Å². The van der Waals surface area contributed by atoms with Crippen LogP contribution in [0.1, 0.15) is 61.9 Å². The number of likely N-dealkylation sites (tertiary alicyclic amines) is 1. The Bertz CT molecular complexity index is 744. The second kappa shape index (κ2) is 7.19. The van der Waals surface area contributed by atoms with Crippen molar-refractivity contribution >= 4 is 5.91 Å². The predicted molar refractivity (Wildman–Crippen MR) is 97.4 cm³/mol. The molecule has 0 bridgehead atoms. The number of hydrogen-bond donors (Lipinski definition) is 1. The van der Waals surface area contributed by atoms with Gasteiger partial charge in [0.1, 0.15) is 5.69 Å². The number of amides is 1. The zero-order chi connectivity index (χ0) is 18.1. The molecule has 2 aromatic rings. The fourth-order valence-corrected chi connectivity index (χ4v) is 4.12. The van der Waals surface area contributed by atoms with E-state index in [9.17, 15) is 9.90 Å². The number of carbonyl (C=O) groups is 1. The summed E-state index contributed by atoms with van der Waals surface area (Å²) < 4.78 is 1.78. The quantitative estimate of drug-likeness (QED) is 0.916. The Kier molecular flexibility index (Phi) is 4.76. The molecule has 1 aromatic heterocycles. The minimum Gasteiger partial charge on any atom is -0.387 e. The van der Waals surface area contributed by atoms with E-state index in [4.69, 9.17) is 0 Å². The van der Waals surface area contributed by atoms with Gasteiger partial charge in [0.05, 0.1) is 18.3 Å². The summed E-state index contributed by atoms with van der Waals surface area (Å²) in [6.45, 7) is 3.07. The highest BCUT2D eigenvalue weighted by Crippen LogP contribution is 2.37. The van der Waals surface area contributed by atoms with E-state index in [0.717, 1.165) is 25.7 Å². The molecule has 1 amide bonds. The molecule has 1 saturated heterocycles. The Hall–Kier alpha value is -2.21.